The third-order valence-corrected chi connectivity index (χ3v) is 2.29. The van der Waals surface area contributed by atoms with Crippen LogP contribution in [0.25, 0.3) is 0 Å². The number of ether oxygens (including phenoxy) is 1. The highest BCUT2D eigenvalue weighted by atomic mass is 19.3. The second-order valence-electron chi connectivity index (χ2n) is 4.80. The lowest BCUT2D eigenvalue weighted by Gasteiger charge is -2.24. The van der Waals surface area contributed by atoms with E-state index in [1.54, 1.807) is 20.8 Å². The lowest BCUT2D eigenvalue weighted by molar-refractivity contribution is -0.162. The van der Waals surface area contributed by atoms with E-state index in [1.807, 2.05) is 0 Å². The van der Waals surface area contributed by atoms with Crippen molar-refractivity contribution in [2.75, 3.05) is 13.1 Å². The Hall–Kier alpha value is -0.710. The Morgan fingerprint density at radius 3 is 2.47 bits per heavy atom. The summed E-state index contributed by atoms with van der Waals surface area (Å²) in [4.78, 5) is 11.6. The highest BCUT2D eigenvalue weighted by Gasteiger charge is 2.40. The van der Waals surface area contributed by atoms with Crippen LogP contribution in [-0.2, 0) is 9.53 Å². The number of hydrogen-bond donors (Lipinski definition) is 1. The minimum Gasteiger partial charge on any atom is -0.460 e. The van der Waals surface area contributed by atoms with E-state index in [0.717, 1.165) is 0 Å². The first-order chi connectivity index (χ1) is 6.81. The van der Waals surface area contributed by atoms with Gasteiger partial charge in [-0.25, -0.2) is 8.78 Å². The van der Waals surface area contributed by atoms with Crippen molar-refractivity contribution in [3.63, 3.8) is 0 Å². The molecule has 2 atom stereocenters. The van der Waals surface area contributed by atoms with Crippen LogP contribution in [-0.4, -0.2) is 31.1 Å². The Bertz CT molecular complexity index is 238. The Balaban J connectivity index is 2.59. The molecular weight excluding hydrogens is 204 g/mol. The van der Waals surface area contributed by atoms with E-state index in [2.05, 4.69) is 5.32 Å². The van der Waals surface area contributed by atoms with E-state index in [9.17, 15) is 13.6 Å². The van der Waals surface area contributed by atoms with Crippen molar-refractivity contribution < 1.29 is 18.3 Å². The molecular formula is C10H17F2NO2. The zero-order valence-electron chi connectivity index (χ0n) is 9.22. The third-order valence-electron chi connectivity index (χ3n) is 2.29. The van der Waals surface area contributed by atoms with Crippen LogP contribution in [0.5, 0.6) is 0 Å². The van der Waals surface area contributed by atoms with E-state index < -0.39 is 29.8 Å². The van der Waals surface area contributed by atoms with Crippen LogP contribution in [0.2, 0.25) is 0 Å². The molecule has 3 nitrogen and oxygen atoms in total. The average Bonchev–Trinajstić information content (AvgIpc) is 2.47. The summed E-state index contributed by atoms with van der Waals surface area (Å²) in [5, 5.41) is 2.79. The molecule has 1 heterocycles. The fourth-order valence-electron chi connectivity index (χ4n) is 1.60. The standard InChI is InChI=1S/C10H17F2NO2/c1-10(2,3)15-9(14)7-5-13-4-6(7)8(11)12/h6-8,13H,4-5H2,1-3H3. The molecule has 0 radical (unpaired) electrons. The lowest BCUT2D eigenvalue weighted by atomic mass is 9.96. The molecule has 1 saturated heterocycles. The van der Waals surface area contributed by atoms with Gasteiger partial charge >= 0.3 is 5.97 Å². The number of rotatable bonds is 2. The number of hydrogen-bond acceptors (Lipinski definition) is 3. The molecule has 0 aromatic rings. The Kier molecular flexibility index (Phi) is 3.65. The van der Waals surface area contributed by atoms with Gasteiger partial charge in [-0.05, 0) is 20.8 Å². The Morgan fingerprint density at radius 2 is 2.00 bits per heavy atom. The largest absolute Gasteiger partial charge is 0.460 e. The molecule has 0 saturated carbocycles. The molecule has 0 aromatic carbocycles. The fourth-order valence-corrected chi connectivity index (χ4v) is 1.60. The maximum atomic E-state index is 12.5. The number of alkyl halides is 2. The molecule has 1 N–H and O–H groups in total. The number of nitrogens with one attached hydrogen (secondary N) is 1. The Labute approximate surface area is 88.2 Å². The van der Waals surface area contributed by atoms with Crippen molar-refractivity contribution in [1.82, 2.24) is 5.32 Å². The number of carbonyl (C=O) groups excluding carboxylic acids is 1. The smallest absolute Gasteiger partial charge is 0.311 e. The number of carbonyl (C=O) groups is 1. The summed E-state index contributed by atoms with van der Waals surface area (Å²) in [7, 11) is 0. The summed E-state index contributed by atoms with van der Waals surface area (Å²) in [5.41, 5.74) is -0.619. The van der Waals surface area contributed by atoms with Gasteiger partial charge in [-0.2, -0.15) is 0 Å². The van der Waals surface area contributed by atoms with Crippen LogP contribution < -0.4 is 5.32 Å². The molecule has 1 aliphatic rings. The first-order valence-corrected chi connectivity index (χ1v) is 5.03. The second kappa shape index (κ2) is 4.43. The molecule has 0 aliphatic carbocycles. The van der Waals surface area contributed by atoms with Crippen LogP contribution in [0.1, 0.15) is 20.8 Å². The zero-order valence-corrected chi connectivity index (χ0v) is 9.22. The monoisotopic (exact) mass is 221 g/mol. The summed E-state index contributed by atoms with van der Waals surface area (Å²) < 4.78 is 30.2. The van der Waals surface area contributed by atoms with Crippen LogP contribution in [0.3, 0.4) is 0 Å². The quantitative estimate of drug-likeness (QED) is 0.717. The van der Waals surface area contributed by atoms with E-state index in [1.165, 1.54) is 0 Å². The van der Waals surface area contributed by atoms with Gasteiger partial charge in [-0.15, -0.1) is 0 Å². The molecule has 1 fully saturated rings. The highest BCUT2D eigenvalue weighted by Crippen LogP contribution is 2.26. The van der Waals surface area contributed by atoms with Crippen molar-refractivity contribution in [2.24, 2.45) is 11.8 Å². The van der Waals surface area contributed by atoms with Crippen LogP contribution >= 0.6 is 0 Å². The van der Waals surface area contributed by atoms with Gasteiger partial charge < -0.3 is 10.1 Å². The van der Waals surface area contributed by atoms with Crippen molar-refractivity contribution in [1.29, 1.82) is 0 Å². The van der Waals surface area contributed by atoms with Gasteiger partial charge in [-0.1, -0.05) is 0 Å². The molecule has 1 rings (SSSR count). The zero-order chi connectivity index (χ0) is 11.6. The van der Waals surface area contributed by atoms with E-state index >= 15 is 0 Å². The minimum absolute atomic E-state index is 0.182. The van der Waals surface area contributed by atoms with Crippen LogP contribution in [0, 0.1) is 11.8 Å². The van der Waals surface area contributed by atoms with Crippen molar-refractivity contribution in [2.45, 2.75) is 32.8 Å². The maximum Gasteiger partial charge on any atom is 0.311 e. The molecule has 5 heteroatoms. The maximum absolute atomic E-state index is 12.5. The van der Waals surface area contributed by atoms with Gasteiger partial charge in [-0.3, -0.25) is 4.79 Å². The molecule has 1 aliphatic heterocycles. The summed E-state index contributed by atoms with van der Waals surface area (Å²) in [6, 6.07) is 0. The van der Waals surface area contributed by atoms with Gasteiger partial charge in [0.15, 0.2) is 0 Å². The molecule has 15 heavy (non-hydrogen) atoms. The van der Waals surface area contributed by atoms with Crippen molar-refractivity contribution in [3.05, 3.63) is 0 Å². The first kappa shape index (κ1) is 12.4. The highest BCUT2D eigenvalue weighted by molar-refractivity contribution is 5.74. The van der Waals surface area contributed by atoms with Gasteiger partial charge in [0.05, 0.1) is 5.92 Å². The molecule has 0 spiro atoms. The number of esters is 1. The summed E-state index contributed by atoms with van der Waals surface area (Å²) in [5.74, 6) is -2.16. The molecule has 0 bridgehead atoms. The van der Waals surface area contributed by atoms with Gasteiger partial charge in [0, 0.05) is 19.0 Å². The van der Waals surface area contributed by atoms with Crippen molar-refractivity contribution in [3.8, 4) is 0 Å². The van der Waals surface area contributed by atoms with Gasteiger partial charge in [0.2, 0.25) is 6.43 Å². The predicted octanol–water partition coefficient (Wildman–Crippen LogP) is 1.43. The minimum atomic E-state index is -2.47. The van der Waals surface area contributed by atoms with Crippen LogP contribution in [0.4, 0.5) is 8.78 Å². The van der Waals surface area contributed by atoms with E-state index in [4.69, 9.17) is 4.74 Å². The molecule has 88 valence electrons. The average molecular weight is 221 g/mol. The van der Waals surface area contributed by atoms with Gasteiger partial charge in [0.1, 0.15) is 5.60 Å². The Morgan fingerprint density at radius 1 is 1.40 bits per heavy atom. The summed E-state index contributed by atoms with van der Waals surface area (Å²) in [6.07, 6.45) is -2.47. The second-order valence-corrected chi connectivity index (χ2v) is 4.80. The topological polar surface area (TPSA) is 38.3 Å². The molecule has 0 aromatic heterocycles. The normalized spacial score (nSPS) is 27.1. The lowest BCUT2D eigenvalue weighted by Crippen LogP contribution is -2.34. The van der Waals surface area contributed by atoms with Crippen molar-refractivity contribution >= 4 is 5.97 Å². The summed E-state index contributed by atoms with van der Waals surface area (Å²) in [6.45, 7) is 5.64. The first-order valence-electron chi connectivity index (χ1n) is 5.03. The van der Waals surface area contributed by atoms with Gasteiger partial charge in [0.25, 0.3) is 0 Å². The molecule has 2 unspecified atom stereocenters. The van der Waals surface area contributed by atoms with E-state index in [-0.39, 0.29) is 13.1 Å². The fraction of sp³-hybridized carbons (Fsp3) is 0.900. The predicted molar refractivity (Wildman–Crippen MR) is 51.7 cm³/mol. The number of halogens is 2. The molecule has 0 amide bonds. The van der Waals surface area contributed by atoms with Crippen LogP contribution in [0.15, 0.2) is 0 Å². The SMILES string of the molecule is CC(C)(C)OC(=O)C1CNCC1C(F)F. The third kappa shape index (κ3) is 3.41. The van der Waals surface area contributed by atoms with E-state index in [0.29, 0.717) is 0 Å². The summed E-state index contributed by atoms with van der Waals surface area (Å²) >= 11 is 0.